The van der Waals surface area contributed by atoms with Crippen molar-refractivity contribution in [2.75, 3.05) is 7.11 Å². The van der Waals surface area contributed by atoms with Crippen LogP contribution in [-0.2, 0) is 0 Å². The Hall–Kier alpha value is -1.88. The summed E-state index contributed by atoms with van der Waals surface area (Å²) in [6.45, 7) is 0. The van der Waals surface area contributed by atoms with Crippen LogP contribution in [0.5, 0.6) is 5.75 Å². The third-order valence-electron chi connectivity index (χ3n) is 2.09. The summed E-state index contributed by atoms with van der Waals surface area (Å²) in [6, 6.07) is 3.45. The fourth-order valence-corrected chi connectivity index (χ4v) is 2.04. The normalized spacial score (nSPS) is 10.1. The Morgan fingerprint density at radius 2 is 2.19 bits per heavy atom. The highest BCUT2D eigenvalue weighted by Gasteiger charge is 2.08. The number of nitrogens with zero attached hydrogens (tertiary/aromatic N) is 1. The maximum Gasteiger partial charge on any atom is 0.345 e. The number of methoxy groups -OCH3 is 1. The summed E-state index contributed by atoms with van der Waals surface area (Å²) < 4.78 is 5.06. The lowest BCUT2D eigenvalue weighted by molar-refractivity contribution is 0.0702. The molecule has 0 aliphatic heterocycles. The molecular formula is C11H9NO3S. The Labute approximate surface area is 96.1 Å². The minimum absolute atomic E-state index is 0.317. The zero-order chi connectivity index (χ0) is 11.5. The molecular weight excluding hydrogens is 226 g/mol. The molecule has 0 atom stereocenters. The maximum absolute atomic E-state index is 10.7. The number of hydrogen-bond acceptors (Lipinski definition) is 4. The number of ether oxygens (including phenoxy) is 1. The van der Waals surface area contributed by atoms with Crippen LogP contribution in [-0.4, -0.2) is 23.2 Å². The molecule has 0 saturated heterocycles. The number of rotatable bonds is 3. The summed E-state index contributed by atoms with van der Waals surface area (Å²) in [5.74, 6) is -0.257. The molecule has 2 rings (SSSR count). The van der Waals surface area contributed by atoms with Crippen LogP contribution in [0.3, 0.4) is 0 Å². The summed E-state index contributed by atoms with van der Waals surface area (Å²) in [6.07, 6.45) is 3.28. The van der Waals surface area contributed by atoms with Crippen molar-refractivity contribution in [3.63, 3.8) is 0 Å². The smallest absolute Gasteiger partial charge is 0.345 e. The molecule has 1 N–H and O–H groups in total. The molecule has 0 unspecified atom stereocenters. The van der Waals surface area contributed by atoms with Gasteiger partial charge in [0.1, 0.15) is 10.6 Å². The van der Waals surface area contributed by atoms with Crippen LogP contribution in [0.1, 0.15) is 9.67 Å². The van der Waals surface area contributed by atoms with Gasteiger partial charge in [-0.15, -0.1) is 11.3 Å². The molecule has 0 amide bonds. The summed E-state index contributed by atoms with van der Waals surface area (Å²) >= 11 is 1.20. The number of carboxylic acid groups (broad SMARTS) is 1. The Bertz CT molecular complexity index is 521. The molecule has 2 aromatic heterocycles. The van der Waals surface area contributed by atoms with Crippen molar-refractivity contribution in [2.45, 2.75) is 0 Å². The van der Waals surface area contributed by atoms with E-state index in [9.17, 15) is 4.79 Å². The second-order valence-corrected chi connectivity index (χ2v) is 4.03. The van der Waals surface area contributed by atoms with Crippen molar-refractivity contribution >= 4 is 17.3 Å². The number of pyridine rings is 1. The number of carboxylic acids is 1. The Morgan fingerprint density at radius 1 is 1.38 bits per heavy atom. The van der Waals surface area contributed by atoms with Crippen LogP contribution in [0.15, 0.2) is 29.9 Å². The van der Waals surface area contributed by atoms with Crippen molar-refractivity contribution < 1.29 is 14.6 Å². The van der Waals surface area contributed by atoms with Gasteiger partial charge in [0.25, 0.3) is 0 Å². The summed E-state index contributed by atoms with van der Waals surface area (Å²) in [5, 5.41) is 10.6. The van der Waals surface area contributed by atoms with Crippen LogP contribution in [0.2, 0.25) is 0 Å². The molecule has 0 radical (unpaired) electrons. The van der Waals surface area contributed by atoms with Crippen LogP contribution >= 0.6 is 11.3 Å². The Morgan fingerprint density at radius 3 is 2.81 bits per heavy atom. The van der Waals surface area contributed by atoms with Crippen LogP contribution < -0.4 is 4.74 Å². The SMILES string of the molecule is COc1cncc(-c2csc(C(=O)O)c2)c1. The minimum atomic E-state index is -0.910. The third-order valence-corrected chi connectivity index (χ3v) is 3.01. The van der Waals surface area contributed by atoms with E-state index >= 15 is 0 Å². The van der Waals surface area contributed by atoms with E-state index in [1.165, 1.54) is 11.3 Å². The lowest BCUT2D eigenvalue weighted by Crippen LogP contribution is -1.90. The van der Waals surface area contributed by atoms with Crippen molar-refractivity contribution in [2.24, 2.45) is 0 Å². The maximum atomic E-state index is 10.7. The Kier molecular flexibility index (Phi) is 2.87. The van der Waals surface area contributed by atoms with E-state index in [0.717, 1.165) is 11.1 Å². The number of hydrogen-bond donors (Lipinski definition) is 1. The average molecular weight is 235 g/mol. The van der Waals surface area contributed by atoms with Gasteiger partial charge in [0.15, 0.2) is 0 Å². The largest absolute Gasteiger partial charge is 0.495 e. The van der Waals surface area contributed by atoms with Gasteiger partial charge in [-0.1, -0.05) is 0 Å². The van der Waals surface area contributed by atoms with Crippen molar-refractivity contribution in [3.05, 3.63) is 34.8 Å². The summed E-state index contributed by atoms with van der Waals surface area (Å²) in [5.41, 5.74) is 1.69. The second-order valence-electron chi connectivity index (χ2n) is 3.12. The molecule has 2 aromatic rings. The van der Waals surface area contributed by atoms with E-state index in [4.69, 9.17) is 9.84 Å². The van der Waals surface area contributed by atoms with Crippen molar-refractivity contribution in [3.8, 4) is 16.9 Å². The number of carbonyl (C=O) groups is 1. The zero-order valence-electron chi connectivity index (χ0n) is 8.51. The van der Waals surface area contributed by atoms with Gasteiger partial charge >= 0.3 is 5.97 Å². The Balaban J connectivity index is 2.38. The third kappa shape index (κ3) is 2.04. The first-order valence-electron chi connectivity index (χ1n) is 4.52. The number of aromatic nitrogens is 1. The molecule has 0 fully saturated rings. The molecule has 0 aromatic carbocycles. The highest BCUT2D eigenvalue weighted by molar-refractivity contribution is 7.12. The lowest BCUT2D eigenvalue weighted by atomic mass is 10.1. The molecule has 82 valence electrons. The minimum Gasteiger partial charge on any atom is -0.495 e. The molecule has 0 bridgehead atoms. The first-order valence-corrected chi connectivity index (χ1v) is 5.40. The fraction of sp³-hybridized carbons (Fsp3) is 0.0909. The predicted octanol–water partition coefficient (Wildman–Crippen LogP) is 2.52. The van der Waals surface area contributed by atoms with Crippen LogP contribution in [0.25, 0.3) is 11.1 Å². The molecule has 2 heterocycles. The molecule has 0 saturated carbocycles. The summed E-state index contributed by atoms with van der Waals surface area (Å²) in [7, 11) is 1.57. The first kappa shape index (κ1) is 10.6. The van der Waals surface area contributed by atoms with Crippen molar-refractivity contribution in [1.82, 2.24) is 4.98 Å². The van der Waals surface area contributed by atoms with Crippen molar-refractivity contribution in [1.29, 1.82) is 0 Å². The first-order chi connectivity index (χ1) is 7.70. The van der Waals surface area contributed by atoms with E-state index in [-0.39, 0.29) is 0 Å². The van der Waals surface area contributed by atoms with Gasteiger partial charge in [-0.2, -0.15) is 0 Å². The molecule has 0 spiro atoms. The van der Waals surface area contributed by atoms with Gasteiger partial charge in [-0.05, 0) is 23.1 Å². The topological polar surface area (TPSA) is 59.4 Å². The van der Waals surface area contributed by atoms with Gasteiger partial charge in [-0.25, -0.2) is 4.79 Å². The fourth-order valence-electron chi connectivity index (χ4n) is 1.29. The molecule has 0 aliphatic carbocycles. The predicted molar refractivity (Wildman–Crippen MR) is 61.1 cm³/mol. The van der Waals surface area contributed by atoms with E-state index in [0.29, 0.717) is 10.6 Å². The van der Waals surface area contributed by atoms with Gasteiger partial charge in [0.2, 0.25) is 0 Å². The number of aromatic carboxylic acids is 1. The highest BCUT2D eigenvalue weighted by atomic mass is 32.1. The monoisotopic (exact) mass is 235 g/mol. The van der Waals surface area contributed by atoms with E-state index in [2.05, 4.69) is 4.98 Å². The van der Waals surface area contributed by atoms with Gasteiger partial charge < -0.3 is 9.84 Å². The van der Waals surface area contributed by atoms with Crippen LogP contribution in [0.4, 0.5) is 0 Å². The summed E-state index contributed by atoms with van der Waals surface area (Å²) in [4.78, 5) is 15.1. The van der Waals surface area contributed by atoms with Gasteiger partial charge in [0, 0.05) is 11.8 Å². The molecule has 16 heavy (non-hydrogen) atoms. The molecule has 4 nitrogen and oxygen atoms in total. The van der Waals surface area contributed by atoms with Gasteiger partial charge in [0.05, 0.1) is 13.3 Å². The van der Waals surface area contributed by atoms with E-state index in [1.807, 2.05) is 6.07 Å². The standard InChI is InChI=1S/C11H9NO3S/c1-15-9-2-7(4-12-5-9)8-3-10(11(13)14)16-6-8/h2-6H,1H3,(H,13,14). The zero-order valence-corrected chi connectivity index (χ0v) is 9.32. The van der Waals surface area contributed by atoms with Crippen LogP contribution in [0, 0.1) is 0 Å². The van der Waals surface area contributed by atoms with E-state index < -0.39 is 5.97 Å². The number of thiophene rings is 1. The lowest BCUT2D eigenvalue weighted by Gasteiger charge is -2.01. The quantitative estimate of drug-likeness (QED) is 0.888. The van der Waals surface area contributed by atoms with E-state index in [1.54, 1.807) is 30.9 Å². The molecule has 0 aliphatic rings. The van der Waals surface area contributed by atoms with Gasteiger partial charge in [-0.3, -0.25) is 4.98 Å². The highest BCUT2D eigenvalue weighted by Crippen LogP contribution is 2.27. The molecule has 5 heteroatoms. The second kappa shape index (κ2) is 4.32. The average Bonchev–Trinajstić information content (AvgIpc) is 2.78.